The fraction of sp³-hybridized carbons (Fsp3) is 0.450. The lowest BCUT2D eigenvalue weighted by molar-refractivity contribution is 0.00973. The summed E-state index contributed by atoms with van der Waals surface area (Å²) >= 11 is 10.2. The third kappa shape index (κ3) is 3.23. The summed E-state index contributed by atoms with van der Waals surface area (Å²) < 4.78 is 11.5. The van der Waals surface area contributed by atoms with E-state index in [2.05, 4.69) is 37.9 Å². The van der Waals surface area contributed by atoms with Gasteiger partial charge in [0.05, 0.1) is 28.8 Å². The normalized spacial score (nSPS) is 26.6. The van der Waals surface area contributed by atoms with Crippen molar-refractivity contribution < 1.29 is 14.6 Å². The molecular formula is C20H22BrClN2O3. The van der Waals surface area contributed by atoms with E-state index < -0.39 is 6.10 Å². The van der Waals surface area contributed by atoms with Crippen LogP contribution in [0.4, 0.5) is 5.82 Å². The third-order valence-corrected chi connectivity index (χ3v) is 6.95. The number of halogens is 2. The minimum Gasteiger partial charge on any atom is -0.497 e. The number of hydrogen-bond donors (Lipinski definition) is 1. The van der Waals surface area contributed by atoms with Gasteiger partial charge in [-0.15, -0.1) is 0 Å². The van der Waals surface area contributed by atoms with Crippen LogP contribution in [0.15, 0.2) is 34.9 Å². The lowest BCUT2D eigenvalue weighted by Crippen LogP contribution is -2.32. The van der Waals surface area contributed by atoms with Crippen LogP contribution in [0.5, 0.6) is 5.75 Å². The Morgan fingerprint density at radius 3 is 2.67 bits per heavy atom. The standard InChI is InChI=1S/C20H22BrClN2O3/c1-26-13-5-3-12(4-6-13)10-24-11-20(7-15(25)16(8-20)27-2)17-18(22)14(21)9-23-19(17)24/h3-6,9,15-16,25H,7-8,10-11H2,1-2H3/t15-,16-,20-/m0/s1. The summed E-state index contributed by atoms with van der Waals surface area (Å²) in [5, 5.41) is 11.2. The number of rotatable bonds is 4. The van der Waals surface area contributed by atoms with E-state index in [4.69, 9.17) is 21.1 Å². The van der Waals surface area contributed by atoms with Crippen LogP contribution in [0.1, 0.15) is 24.0 Å². The van der Waals surface area contributed by atoms with Gasteiger partial charge in [0.2, 0.25) is 0 Å². The molecule has 1 aromatic carbocycles. The molecule has 1 fully saturated rings. The quantitative estimate of drug-likeness (QED) is 0.760. The Bertz CT molecular complexity index is 848. The largest absolute Gasteiger partial charge is 0.497 e. The van der Waals surface area contributed by atoms with Gasteiger partial charge in [-0.3, -0.25) is 0 Å². The van der Waals surface area contributed by atoms with Crippen LogP contribution in [-0.4, -0.2) is 43.1 Å². The zero-order chi connectivity index (χ0) is 19.2. The topological polar surface area (TPSA) is 54.8 Å². The van der Waals surface area contributed by atoms with Crippen LogP contribution in [0.2, 0.25) is 5.02 Å². The predicted molar refractivity (Wildman–Crippen MR) is 109 cm³/mol. The number of aromatic nitrogens is 1. The predicted octanol–water partition coefficient (Wildman–Crippen LogP) is 3.93. The Balaban J connectivity index is 1.71. The molecule has 3 atom stereocenters. The lowest BCUT2D eigenvalue weighted by atomic mass is 9.81. The van der Waals surface area contributed by atoms with Gasteiger partial charge in [-0.2, -0.15) is 0 Å². The second-order valence-corrected chi connectivity index (χ2v) is 8.59. The third-order valence-electron chi connectivity index (χ3n) is 5.73. The zero-order valence-electron chi connectivity index (χ0n) is 15.3. The lowest BCUT2D eigenvalue weighted by Gasteiger charge is -2.26. The number of hydrogen-bond acceptors (Lipinski definition) is 5. The Kier molecular flexibility index (Phi) is 5.10. The van der Waals surface area contributed by atoms with Gasteiger partial charge in [-0.1, -0.05) is 23.7 Å². The fourth-order valence-corrected chi connectivity index (χ4v) is 5.11. The molecule has 0 radical (unpaired) electrons. The highest BCUT2D eigenvalue weighted by atomic mass is 79.9. The second-order valence-electron chi connectivity index (χ2n) is 7.35. The van der Waals surface area contributed by atoms with Crippen LogP contribution < -0.4 is 9.64 Å². The molecule has 0 amide bonds. The highest BCUT2D eigenvalue weighted by Crippen LogP contribution is 2.54. The van der Waals surface area contributed by atoms with Crippen LogP contribution in [0.25, 0.3) is 0 Å². The molecule has 1 aliphatic heterocycles. The molecule has 2 heterocycles. The first-order valence-electron chi connectivity index (χ1n) is 8.90. The SMILES string of the molecule is COc1ccc(CN2C[C@]3(C[C@H](OC)[C@@H](O)C3)c3c2ncc(Br)c3Cl)cc1. The van der Waals surface area contributed by atoms with Gasteiger partial charge in [-0.25, -0.2) is 4.98 Å². The van der Waals surface area contributed by atoms with Crippen molar-refractivity contribution in [1.29, 1.82) is 0 Å². The molecular weight excluding hydrogens is 432 g/mol. The molecule has 1 aromatic heterocycles. The van der Waals surface area contributed by atoms with Gasteiger partial charge < -0.3 is 19.5 Å². The average molecular weight is 454 g/mol. The van der Waals surface area contributed by atoms with E-state index in [-0.39, 0.29) is 11.5 Å². The maximum absolute atomic E-state index is 10.5. The summed E-state index contributed by atoms with van der Waals surface area (Å²) in [4.78, 5) is 6.92. The number of nitrogens with zero attached hydrogens (tertiary/aromatic N) is 2. The number of methoxy groups -OCH3 is 2. The van der Waals surface area contributed by atoms with Crippen molar-refractivity contribution in [3.8, 4) is 5.75 Å². The molecule has 1 spiro atoms. The number of benzene rings is 1. The molecule has 27 heavy (non-hydrogen) atoms. The minimum absolute atomic E-state index is 0.186. The maximum Gasteiger partial charge on any atom is 0.134 e. The molecule has 4 rings (SSSR count). The van der Waals surface area contributed by atoms with Crippen molar-refractivity contribution in [2.75, 3.05) is 25.7 Å². The molecule has 1 N–H and O–H groups in total. The highest BCUT2D eigenvalue weighted by Gasteiger charge is 2.53. The molecule has 0 unspecified atom stereocenters. The monoisotopic (exact) mass is 452 g/mol. The Morgan fingerprint density at radius 2 is 2.04 bits per heavy atom. The van der Waals surface area contributed by atoms with Crippen LogP contribution >= 0.6 is 27.5 Å². The smallest absolute Gasteiger partial charge is 0.134 e. The fourth-order valence-electron chi connectivity index (χ4n) is 4.48. The Morgan fingerprint density at radius 1 is 1.30 bits per heavy atom. The first-order valence-corrected chi connectivity index (χ1v) is 10.1. The van der Waals surface area contributed by atoms with E-state index >= 15 is 0 Å². The Hall–Kier alpha value is -1.34. The first kappa shape index (κ1) is 19.0. The van der Waals surface area contributed by atoms with E-state index in [1.807, 2.05) is 12.1 Å². The van der Waals surface area contributed by atoms with E-state index in [0.29, 0.717) is 11.4 Å². The molecule has 0 saturated heterocycles. The molecule has 0 bridgehead atoms. The van der Waals surface area contributed by atoms with E-state index in [1.54, 1.807) is 20.4 Å². The van der Waals surface area contributed by atoms with Gasteiger partial charge in [0.25, 0.3) is 0 Å². The van der Waals surface area contributed by atoms with Crippen molar-refractivity contribution in [2.45, 2.75) is 37.0 Å². The van der Waals surface area contributed by atoms with Crippen molar-refractivity contribution in [2.24, 2.45) is 0 Å². The molecule has 1 aliphatic carbocycles. The summed E-state index contributed by atoms with van der Waals surface area (Å²) in [5.74, 6) is 1.73. The van der Waals surface area contributed by atoms with Crippen LogP contribution in [0.3, 0.4) is 0 Å². The number of aliphatic hydroxyl groups excluding tert-OH is 1. The summed E-state index contributed by atoms with van der Waals surface area (Å²) in [6.45, 7) is 1.48. The molecule has 5 nitrogen and oxygen atoms in total. The van der Waals surface area contributed by atoms with Gasteiger partial charge in [0, 0.05) is 37.4 Å². The number of fused-ring (bicyclic) bond motifs is 2. The minimum atomic E-state index is -0.501. The van der Waals surface area contributed by atoms with Gasteiger partial charge >= 0.3 is 0 Å². The number of ether oxygens (including phenoxy) is 2. The molecule has 144 valence electrons. The van der Waals surface area contributed by atoms with Gasteiger partial charge in [-0.05, 0) is 46.5 Å². The van der Waals surface area contributed by atoms with Crippen molar-refractivity contribution in [1.82, 2.24) is 4.98 Å². The molecule has 1 saturated carbocycles. The Labute approximate surface area is 172 Å². The van der Waals surface area contributed by atoms with Crippen molar-refractivity contribution in [3.63, 3.8) is 0 Å². The zero-order valence-corrected chi connectivity index (χ0v) is 17.6. The van der Waals surface area contributed by atoms with Gasteiger partial charge in [0.1, 0.15) is 11.6 Å². The number of aliphatic hydroxyl groups is 1. The van der Waals surface area contributed by atoms with E-state index in [9.17, 15) is 5.11 Å². The molecule has 7 heteroatoms. The van der Waals surface area contributed by atoms with Crippen LogP contribution in [0, 0.1) is 0 Å². The van der Waals surface area contributed by atoms with E-state index in [0.717, 1.165) is 41.1 Å². The van der Waals surface area contributed by atoms with Crippen LogP contribution in [-0.2, 0) is 16.7 Å². The highest BCUT2D eigenvalue weighted by molar-refractivity contribution is 9.10. The second kappa shape index (κ2) is 7.24. The van der Waals surface area contributed by atoms with Gasteiger partial charge in [0.15, 0.2) is 0 Å². The van der Waals surface area contributed by atoms with Crippen molar-refractivity contribution in [3.05, 3.63) is 51.1 Å². The number of anilines is 1. The van der Waals surface area contributed by atoms with E-state index in [1.165, 1.54) is 5.56 Å². The summed E-state index contributed by atoms with van der Waals surface area (Å²) in [6.07, 6.45) is 2.41. The van der Waals surface area contributed by atoms with Crippen molar-refractivity contribution >= 4 is 33.3 Å². The molecule has 2 aliphatic rings. The summed E-state index contributed by atoms with van der Waals surface area (Å²) in [5.41, 5.74) is 1.93. The first-order chi connectivity index (χ1) is 13.0. The molecule has 2 aromatic rings. The maximum atomic E-state index is 10.5. The number of pyridine rings is 1. The summed E-state index contributed by atoms with van der Waals surface area (Å²) in [6, 6.07) is 8.05. The average Bonchev–Trinajstić information content (AvgIpc) is 3.15. The summed E-state index contributed by atoms with van der Waals surface area (Å²) in [7, 11) is 3.32.